The largest absolute Gasteiger partial charge is 0.494 e. The van der Waals surface area contributed by atoms with Gasteiger partial charge in [0.25, 0.3) is 0 Å². The highest BCUT2D eigenvalue weighted by atomic mass is 35.5. The molecule has 0 aliphatic heterocycles. The predicted octanol–water partition coefficient (Wildman–Crippen LogP) is 2.88. The smallest absolute Gasteiger partial charge is 0.243 e. The van der Waals surface area contributed by atoms with Crippen LogP contribution in [0.3, 0.4) is 0 Å². The molecule has 0 atom stereocenters. The molecule has 1 rings (SSSR count). The number of nitrogens with one attached hydrogen (secondary N) is 1. The van der Waals surface area contributed by atoms with Crippen molar-refractivity contribution in [3.63, 3.8) is 0 Å². The molecule has 1 aromatic carbocycles. The molecule has 0 radical (unpaired) electrons. The van der Waals surface area contributed by atoms with Crippen LogP contribution in [0.2, 0.25) is 5.02 Å². The normalized spacial score (nSPS) is 10.2. The number of hydroxylamine groups is 1. The number of halogens is 1. The van der Waals surface area contributed by atoms with Crippen LogP contribution < -0.4 is 10.2 Å². The van der Waals surface area contributed by atoms with E-state index in [0.29, 0.717) is 26.1 Å². The Morgan fingerprint density at radius 3 is 2.89 bits per heavy atom. The number of ether oxygens (including phenoxy) is 1. The van der Waals surface area contributed by atoms with E-state index >= 15 is 0 Å². The van der Waals surface area contributed by atoms with Crippen molar-refractivity contribution in [2.75, 3.05) is 13.2 Å². The summed E-state index contributed by atoms with van der Waals surface area (Å²) in [4.78, 5) is 16.0. The van der Waals surface area contributed by atoms with E-state index in [1.807, 2.05) is 26.0 Å². The Kier molecular flexibility index (Phi) is 6.54. The van der Waals surface area contributed by atoms with Crippen LogP contribution in [0.25, 0.3) is 0 Å². The first-order chi connectivity index (χ1) is 8.63. The fraction of sp³-hybridized carbons (Fsp3) is 0.462. The number of hydrogen-bond acceptors (Lipinski definition) is 3. The van der Waals surface area contributed by atoms with Crippen molar-refractivity contribution in [2.45, 2.75) is 26.7 Å². The number of carbonyl (C=O) groups excluding carboxylic acids is 1. The van der Waals surface area contributed by atoms with E-state index in [-0.39, 0.29) is 5.91 Å². The summed E-state index contributed by atoms with van der Waals surface area (Å²) >= 11 is 5.91. The number of hydrogen-bond donors (Lipinski definition) is 1. The summed E-state index contributed by atoms with van der Waals surface area (Å²) in [7, 11) is 0. The van der Waals surface area contributed by atoms with Gasteiger partial charge in [-0.2, -0.15) is 0 Å². The average molecular weight is 272 g/mol. The van der Waals surface area contributed by atoms with Crippen molar-refractivity contribution in [3.8, 4) is 5.75 Å². The fourth-order valence-corrected chi connectivity index (χ4v) is 1.45. The van der Waals surface area contributed by atoms with E-state index in [9.17, 15) is 4.79 Å². The number of benzene rings is 1. The second-order valence-electron chi connectivity index (χ2n) is 3.82. The molecule has 0 aliphatic carbocycles. The van der Waals surface area contributed by atoms with Crippen LogP contribution in [-0.2, 0) is 9.63 Å². The van der Waals surface area contributed by atoms with E-state index in [0.717, 1.165) is 16.3 Å². The molecular weight excluding hydrogens is 254 g/mol. The summed E-state index contributed by atoms with van der Waals surface area (Å²) in [6.45, 7) is 4.68. The molecule has 0 aromatic heterocycles. The highest BCUT2D eigenvalue weighted by molar-refractivity contribution is 6.31. The molecule has 18 heavy (non-hydrogen) atoms. The molecule has 1 aromatic rings. The van der Waals surface area contributed by atoms with Gasteiger partial charge in [0.15, 0.2) is 0 Å². The van der Waals surface area contributed by atoms with Gasteiger partial charge in [0.2, 0.25) is 5.91 Å². The van der Waals surface area contributed by atoms with Crippen LogP contribution in [0.1, 0.15) is 25.3 Å². The van der Waals surface area contributed by atoms with Gasteiger partial charge in [-0.25, -0.2) is 5.48 Å². The molecule has 4 nitrogen and oxygen atoms in total. The minimum Gasteiger partial charge on any atom is -0.494 e. The number of carbonyl (C=O) groups is 1. The maximum absolute atomic E-state index is 11.2. The molecule has 0 spiro atoms. The Bertz CT molecular complexity index is 396. The van der Waals surface area contributed by atoms with E-state index in [2.05, 4.69) is 5.48 Å². The van der Waals surface area contributed by atoms with Crippen molar-refractivity contribution in [3.05, 3.63) is 28.8 Å². The Hall–Kier alpha value is -1.26. The molecule has 1 N–H and O–H groups in total. The maximum atomic E-state index is 11.2. The van der Waals surface area contributed by atoms with Crippen LogP contribution in [0.4, 0.5) is 0 Å². The molecule has 1 amide bonds. The van der Waals surface area contributed by atoms with E-state index < -0.39 is 0 Å². The molecular formula is C13H18ClNO3. The topological polar surface area (TPSA) is 47.6 Å². The third kappa shape index (κ3) is 5.38. The summed E-state index contributed by atoms with van der Waals surface area (Å²) in [5.41, 5.74) is 3.31. The summed E-state index contributed by atoms with van der Waals surface area (Å²) in [6.07, 6.45) is 1.02. The van der Waals surface area contributed by atoms with E-state index in [1.54, 1.807) is 6.07 Å². The molecule has 0 aliphatic rings. The summed E-state index contributed by atoms with van der Waals surface area (Å²) < 4.78 is 5.52. The second kappa shape index (κ2) is 7.95. The first-order valence-corrected chi connectivity index (χ1v) is 6.31. The van der Waals surface area contributed by atoms with Gasteiger partial charge in [-0.1, -0.05) is 11.6 Å². The molecule has 100 valence electrons. The lowest BCUT2D eigenvalue weighted by atomic mass is 10.2. The standard InChI is InChI=1S/C13H18ClNO3/c1-3-18-15-13(16)5-4-8-17-11-6-7-12(14)10(2)9-11/h6-7,9H,3-5,8H2,1-2H3,(H,15,16). The van der Waals surface area contributed by atoms with Gasteiger partial charge in [0, 0.05) is 11.4 Å². The lowest BCUT2D eigenvalue weighted by Gasteiger charge is -2.07. The Labute approximate surface area is 112 Å². The molecule has 0 saturated heterocycles. The number of rotatable bonds is 7. The van der Waals surface area contributed by atoms with Gasteiger partial charge < -0.3 is 4.74 Å². The van der Waals surface area contributed by atoms with Gasteiger partial charge >= 0.3 is 0 Å². The molecule has 0 fully saturated rings. The van der Waals surface area contributed by atoms with Gasteiger partial charge in [-0.3, -0.25) is 9.63 Å². The van der Waals surface area contributed by atoms with Gasteiger partial charge in [0.05, 0.1) is 13.2 Å². The van der Waals surface area contributed by atoms with E-state index in [4.69, 9.17) is 21.2 Å². The molecule has 0 bridgehead atoms. The molecule has 0 saturated carbocycles. The lowest BCUT2D eigenvalue weighted by Crippen LogP contribution is -2.23. The monoisotopic (exact) mass is 271 g/mol. The van der Waals surface area contributed by atoms with Crippen molar-refractivity contribution in [1.29, 1.82) is 0 Å². The van der Waals surface area contributed by atoms with Gasteiger partial charge in [0.1, 0.15) is 5.75 Å². The van der Waals surface area contributed by atoms with Crippen molar-refractivity contribution in [2.24, 2.45) is 0 Å². The van der Waals surface area contributed by atoms with Crippen LogP contribution in [0, 0.1) is 6.92 Å². The zero-order chi connectivity index (χ0) is 13.4. The maximum Gasteiger partial charge on any atom is 0.243 e. The zero-order valence-electron chi connectivity index (χ0n) is 10.7. The Morgan fingerprint density at radius 1 is 1.44 bits per heavy atom. The van der Waals surface area contributed by atoms with Crippen molar-refractivity contribution < 1.29 is 14.4 Å². The van der Waals surface area contributed by atoms with E-state index in [1.165, 1.54) is 0 Å². The molecule has 5 heteroatoms. The first kappa shape index (κ1) is 14.8. The van der Waals surface area contributed by atoms with Crippen molar-refractivity contribution >= 4 is 17.5 Å². The van der Waals surface area contributed by atoms with Crippen LogP contribution >= 0.6 is 11.6 Å². The third-order valence-corrected chi connectivity index (χ3v) is 2.70. The van der Waals surface area contributed by atoms with Crippen LogP contribution in [-0.4, -0.2) is 19.1 Å². The third-order valence-electron chi connectivity index (χ3n) is 2.28. The lowest BCUT2D eigenvalue weighted by molar-refractivity contribution is -0.133. The minimum atomic E-state index is -0.132. The van der Waals surface area contributed by atoms with Crippen LogP contribution in [0.15, 0.2) is 18.2 Å². The zero-order valence-corrected chi connectivity index (χ0v) is 11.4. The quantitative estimate of drug-likeness (QED) is 0.613. The summed E-state index contributed by atoms with van der Waals surface area (Å²) in [6, 6.07) is 5.49. The number of amides is 1. The fourth-order valence-electron chi connectivity index (χ4n) is 1.33. The Balaban J connectivity index is 2.21. The highest BCUT2D eigenvalue weighted by Gasteiger charge is 2.02. The SMILES string of the molecule is CCONC(=O)CCCOc1ccc(Cl)c(C)c1. The van der Waals surface area contributed by atoms with Gasteiger partial charge in [-0.05, 0) is 44.0 Å². The highest BCUT2D eigenvalue weighted by Crippen LogP contribution is 2.21. The predicted molar refractivity (Wildman–Crippen MR) is 70.7 cm³/mol. The average Bonchev–Trinajstić information content (AvgIpc) is 2.36. The minimum absolute atomic E-state index is 0.132. The van der Waals surface area contributed by atoms with Gasteiger partial charge in [-0.15, -0.1) is 0 Å². The molecule has 0 unspecified atom stereocenters. The first-order valence-electron chi connectivity index (χ1n) is 5.93. The second-order valence-corrected chi connectivity index (χ2v) is 4.23. The Morgan fingerprint density at radius 2 is 2.22 bits per heavy atom. The van der Waals surface area contributed by atoms with Crippen molar-refractivity contribution in [1.82, 2.24) is 5.48 Å². The van der Waals surface area contributed by atoms with Crippen LogP contribution in [0.5, 0.6) is 5.75 Å². The molecule has 0 heterocycles. The summed E-state index contributed by atoms with van der Waals surface area (Å²) in [5, 5.41) is 0.721. The number of aryl methyl sites for hydroxylation is 1. The summed E-state index contributed by atoms with van der Waals surface area (Å²) in [5.74, 6) is 0.634.